The summed E-state index contributed by atoms with van der Waals surface area (Å²) in [6.45, 7) is 0.0286. The Morgan fingerprint density at radius 3 is 2.43 bits per heavy atom. The minimum atomic E-state index is -1.50. The first-order chi connectivity index (χ1) is 6.54. The van der Waals surface area contributed by atoms with E-state index in [1.165, 1.54) is 0 Å². The molecule has 2 aliphatic heterocycles. The van der Waals surface area contributed by atoms with Crippen molar-refractivity contribution in [2.45, 2.75) is 30.6 Å². The van der Waals surface area contributed by atoms with E-state index in [4.69, 9.17) is 10.1 Å². The van der Waals surface area contributed by atoms with Crippen LogP contribution in [0, 0.1) is 5.41 Å². The zero-order valence-electron chi connectivity index (χ0n) is 7.24. The molecule has 0 aliphatic carbocycles. The van der Waals surface area contributed by atoms with Crippen LogP contribution in [0.5, 0.6) is 0 Å². The number of nitrogens with zero attached hydrogens (tertiary/aromatic N) is 1. The van der Waals surface area contributed by atoms with Crippen LogP contribution in [0.4, 0.5) is 0 Å². The summed E-state index contributed by atoms with van der Waals surface area (Å²) >= 11 is 0. The minimum absolute atomic E-state index is 0.0286. The van der Waals surface area contributed by atoms with Gasteiger partial charge >= 0.3 is 0 Å². The van der Waals surface area contributed by atoms with Gasteiger partial charge < -0.3 is 25.2 Å². The van der Waals surface area contributed by atoms with E-state index < -0.39 is 30.6 Å². The van der Waals surface area contributed by atoms with Crippen LogP contribution >= 0.6 is 0 Å². The minimum Gasteiger partial charge on any atom is -0.463 e. The quantitative estimate of drug-likeness (QED) is 0.288. The van der Waals surface area contributed by atoms with E-state index in [1.54, 1.807) is 0 Å². The van der Waals surface area contributed by atoms with Crippen molar-refractivity contribution >= 4 is 6.02 Å². The number of amidine groups is 1. The van der Waals surface area contributed by atoms with E-state index >= 15 is 0 Å². The Kier molecular flexibility index (Phi) is 2.11. The Morgan fingerprint density at radius 2 is 1.79 bits per heavy atom. The molecule has 0 unspecified atom stereocenters. The number of rotatable bonds is 0. The van der Waals surface area contributed by atoms with E-state index in [0.717, 1.165) is 4.90 Å². The van der Waals surface area contributed by atoms with Gasteiger partial charge in [-0.1, -0.05) is 0 Å². The molecule has 2 rings (SSSR count). The summed E-state index contributed by atoms with van der Waals surface area (Å²) in [4.78, 5) is 1.06. The lowest BCUT2D eigenvalue weighted by Gasteiger charge is -2.42. The van der Waals surface area contributed by atoms with E-state index in [2.05, 4.69) is 0 Å². The molecule has 0 amide bonds. The Morgan fingerprint density at radius 1 is 1.14 bits per heavy atom. The molecule has 2 heterocycles. The molecular weight excluding hydrogens is 192 g/mol. The van der Waals surface area contributed by atoms with Gasteiger partial charge in [0.15, 0.2) is 6.23 Å². The van der Waals surface area contributed by atoms with Crippen LogP contribution in [0.2, 0.25) is 0 Å². The molecule has 5 N–H and O–H groups in total. The maximum absolute atomic E-state index is 9.51. The largest absolute Gasteiger partial charge is 0.463 e. The van der Waals surface area contributed by atoms with Crippen LogP contribution in [0.1, 0.15) is 0 Å². The van der Waals surface area contributed by atoms with Gasteiger partial charge in [-0.2, -0.15) is 0 Å². The Bertz CT molecular complexity index is 260. The summed E-state index contributed by atoms with van der Waals surface area (Å²) in [5.41, 5.74) is 0. The second-order valence-electron chi connectivity index (χ2n) is 3.48. The molecule has 0 saturated carbocycles. The summed E-state index contributed by atoms with van der Waals surface area (Å²) in [5.74, 6) is 0. The van der Waals surface area contributed by atoms with Crippen molar-refractivity contribution in [2.24, 2.45) is 0 Å². The zero-order chi connectivity index (χ0) is 10.5. The van der Waals surface area contributed by atoms with Gasteiger partial charge in [-0.3, -0.25) is 10.3 Å². The van der Waals surface area contributed by atoms with Crippen LogP contribution in [-0.2, 0) is 4.74 Å². The van der Waals surface area contributed by atoms with Crippen molar-refractivity contribution in [3.05, 3.63) is 0 Å². The number of hydrogen-bond acceptors (Lipinski definition) is 6. The number of fused-ring (bicyclic) bond motifs is 1. The fourth-order valence-corrected chi connectivity index (χ4v) is 1.82. The number of nitrogens with one attached hydrogen (secondary N) is 1. The molecular formula is C7H12N2O5. The second kappa shape index (κ2) is 3.06. The number of hydrogen-bond donors (Lipinski definition) is 5. The molecule has 0 radical (unpaired) electrons. The molecule has 2 saturated heterocycles. The van der Waals surface area contributed by atoms with Crippen molar-refractivity contribution in [3.8, 4) is 0 Å². The van der Waals surface area contributed by atoms with Gasteiger partial charge in [-0.25, -0.2) is 0 Å². The molecule has 5 atom stereocenters. The van der Waals surface area contributed by atoms with Crippen molar-refractivity contribution in [2.75, 3.05) is 6.61 Å². The average Bonchev–Trinajstić information content (AvgIpc) is 2.54. The first kappa shape index (κ1) is 9.66. The molecule has 0 aromatic rings. The molecule has 2 fully saturated rings. The highest BCUT2D eigenvalue weighted by atomic mass is 16.5. The van der Waals surface area contributed by atoms with Gasteiger partial charge in [0.05, 0.1) is 6.04 Å². The van der Waals surface area contributed by atoms with Gasteiger partial charge in [0, 0.05) is 0 Å². The van der Waals surface area contributed by atoms with Gasteiger partial charge in [0.2, 0.25) is 0 Å². The molecule has 0 bridgehead atoms. The molecule has 2 aliphatic rings. The monoisotopic (exact) mass is 204 g/mol. The zero-order valence-corrected chi connectivity index (χ0v) is 7.24. The summed E-state index contributed by atoms with van der Waals surface area (Å²) in [5, 5.41) is 45.0. The molecule has 0 aromatic heterocycles. The third-order valence-corrected chi connectivity index (χ3v) is 2.67. The number of ether oxygens (including phenoxy) is 1. The normalized spacial score (nSPS) is 47.6. The maximum Gasteiger partial charge on any atom is 0.287 e. The van der Waals surface area contributed by atoms with E-state index in [1.807, 2.05) is 0 Å². The van der Waals surface area contributed by atoms with Crippen molar-refractivity contribution in [3.63, 3.8) is 0 Å². The molecule has 7 nitrogen and oxygen atoms in total. The Labute approximate surface area is 79.7 Å². The predicted molar refractivity (Wildman–Crippen MR) is 43.3 cm³/mol. The summed E-state index contributed by atoms with van der Waals surface area (Å²) in [6.07, 6.45) is -5.55. The third kappa shape index (κ3) is 1.10. The Balaban J connectivity index is 2.27. The fourth-order valence-electron chi connectivity index (χ4n) is 1.82. The van der Waals surface area contributed by atoms with Crippen molar-refractivity contribution in [1.82, 2.24) is 4.90 Å². The second-order valence-corrected chi connectivity index (χ2v) is 3.48. The van der Waals surface area contributed by atoms with Gasteiger partial charge in [-0.15, -0.1) is 0 Å². The molecule has 0 aromatic carbocycles. The van der Waals surface area contributed by atoms with E-state index in [-0.39, 0.29) is 12.6 Å². The van der Waals surface area contributed by atoms with Crippen molar-refractivity contribution < 1.29 is 25.2 Å². The highest BCUT2D eigenvalue weighted by Gasteiger charge is 2.51. The van der Waals surface area contributed by atoms with Crippen LogP contribution in [0.15, 0.2) is 0 Å². The fraction of sp³-hybridized carbons (Fsp3) is 0.857. The van der Waals surface area contributed by atoms with Crippen LogP contribution in [0.3, 0.4) is 0 Å². The van der Waals surface area contributed by atoms with Crippen LogP contribution in [0.25, 0.3) is 0 Å². The topological polar surface area (TPSA) is 117 Å². The lowest BCUT2D eigenvalue weighted by molar-refractivity contribution is -0.190. The summed E-state index contributed by atoms with van der Waals surface area (Å²) in [7, 11) is 0. The standard InChI is InChI=1S/C7H12N2O5/c8-7-9-2(1-14-7)3(10)4(11)5(12)6(9)13/h2-6,8,10-13H,1H2/t2-,3-,4+,5-,6-/m1/s1. The predicted octanol–water partition coefficient (Wildman–Crippen LogP) is -2.96. The SMILES string of the molecule is N=C1OC[C@@H]2[C@@H](O)[C@H](O)[C@@H](O)[C@@H](O)N12. The first-order valence-corrected chi connectivity index (χ1v) is 4.26. The van der Waals surface area contributed by atoms with Crippen LogP contribution in [-0.4, -0.2) is 68.5 Å². The van der Waals surface area contributed by atoms with Gasteiger partial charge in [-0.05, 0) is 0 Å². The third-order valence-electron chi connectivity index (χ3n) is 2.67. The lowest BCUT2D eigenvalue weighted by atomic mass is 9.94. The van der Waals surface area contributed by atoms with Crippen LogP contribution < -0.4 is 0 Å². The molecule has 80 valence electrons. The number of aliphatic hydroxyl groups is 4. The summed E-state index contributed by atoms with van der Waals surface area (Å²) < 4.78 is 4.80. The highest BCUT2D eigenvalue weighted by Crippen LogP contribution is 2.27. The lowest BCUT2D eigenvalue weighted by Crippen LogP contribution is -2.65. The van der Waals surface area contributed by atoms with Gasteiger partial charge in [0.1, 0.15) is 24.9 Å². The number of aliphatic hydroxyl groups excluding tert-OH is 4. The van der Waals surface area contributed by atoms with Crippen molar-refractivity contribution in [1.29, 1.82) is 5.41 Å². The summed E-state index contributed by atoms with van der Waals surface area (Å²) in [6, 6.07) is -0.969. The van der Waals surface area contributed by atoms with Gasteiger partial charge in [0.25, 0.3) is 6.02 Å². The highest BCUT2D eigenvalue weighted by molar-refractivity contribution is 5.73. The smallest absolute Gasteiger partial charge is 0.287 e. The first-order valence-electron chi connectivity index (χ1n) is 4.26. The van der Waals surface area contributed by atoms with E-state index in [0.29, 0.717) is 0 Å². The van der Waals surface area contributed by atoms with E-state index in [9.17, 15) is 20.4 Å². The maximum atomic E-state index is 9.51. The number of piperidine rings is 1. The Hall–Kier alpha value is -0.890. The molecule has 7 heteroatoms. The molecule has 0 spiro atoms. The average molecular weight is 204 g/mol. The molecule has 14 heavy (non-hydrogen) atoms.